The number of halogens is 1. The molecule has 2 aromatic heterocycles. The molecule has 0 spiro atoms. The molecule has 3 heterocycles. The monoisotopic (exact) mass is 410 g/mol. The third-order valence-corrected chi connectivity index (χ3v) is 5.57. The number of carbonyl (C=O) groups is 1. The molecule has 4 rings (SSSR count). The minimum absolute atomic E-state index is 0.0426. The molecule has 30 heavy (non-hydrogen) atoms. The quantitative estimate of drug-likeness (QED) is 0.675. The fourth-order valence-corrected chi connectivity index (χ4v) is 3.76. The standard InChI is InChI=1S/C22H27FN6O/c1-15(2)9-12-24-22(30)16-10-13-28(14-11-16)20-8-7-19-25-26-21(29(19)27-20)17-5-3-4-6-18(17)23/h3-8,15-16H,9-14H2,1-2H3,(H,24,30). The molecule has 0 atom stereocenters. The minimum atomic E-state index is -0.358. The smallest absolute Gasteiger partial charge is 0.223 e. The number of rotatable bonds is 6. The van der Waals surface area contributed by atoms with Gasteiger partial charge in [0.25, 0.3) is 0 Å². The summed E-state index contributed by atoms with van der Waals surface area (Å²) in [5.74, 6) is 1.58. The van der Waals surface area contributed by atoms with Crippen LogP contribution in [0, 0.1) is 17.7 Å². The van der Waals surface area contributed by atoms with E-state index in [0.717, 1.165) is 44.7 Å². The number of anilines is 1. The van der Waals surface area contributed by atoms with Gasteiger partial charge in [0.1, 0.15) is 11.6 Å². The lowest BCUT2D eigenvalue weighted by Gasteiger charge is -2.32. The highest BCUT2D eigenvalue weighted by Gasteiger charge is 2.26. The van der Waals surface area contributed by atoms with Crippen LogP contribution in [0.2, 0.25) is 0 Å². The maximum Gasteiger partial charge on any atom is 0.223 e. The van der Waals surface area contributed by atoms with E-state index in [9.17, 15) is 9.18 Å². The average Bonchev–Trinajstić information content (AvgIpc) is 3.17. The van der Waals surface area contributed by atoms with Crippen molar-refractivity contribution < 1.29 is 9.18 Å². The van der Waals surface area contributed by atoms with Crippen molar-refractivity contribution in [1.29, 1.82) is 0 Å². The molecule has 8 heteroatoms. The molecule has 0 unspecified atom stereocenters. The summed E-state index contributed by atoms with van der Waals surface area (Å²) in [6.45, 7) is 6.54. The van der Waals surface area contributed by atoms with E-state index in [-0.39, 0.29) is 17.6 Å². The van der Waals surface area contributed by atoms with Crippen LogP contribution in [-0.4, -0.2) is 45.4 Å². The Bertz CT molecular complexity index is 1030. The Morgan fingerprint density at radius 2 is 1.93 bits per heavy atom. The second kappa shape index (κ2) is 8.77. The first-order valence-corrected chi connectivity index (χ1v) is 10.5. The fraction of sp³-hybridized carbons (Fsp3) is 0.455. The summed E-state index contributed by atoms with van der Waals surface area (Å²) in [4.78, 5) is 14.6. The summed E-state index contributed by atoms with van der Waals surface area (Å²) in [6, 6.07) is 10.2. The zero-order valence-corrected chi connectivity index (χ0v) is 17.4. The van der Waals surface area contributed by atoms with Gasteiger partial charge >= 0.3 is 0 Å². The Balaban J connectivity index is 1.45. The molecule has 158 valence electrons. The van der Waals surface area contributed by atoms with Crippen molar-refractivity contribution in [3.05, 3.63) is 42.2 Å². The number of hydrogen-bond donors (Lipinski definition) is 1. The second-order valence-electron chi connectivity index (χ2n) is 8.20. The molecule has 1 aliphatic heterocycles. The molecule has 3 aromatic rings. The van der Waals surface area contributed by atoms with Gasteiger partial charge in [-0.1, -0.05) is 26.0 Å². The van der Waals surface area contributed by atoms with E-state index < -0.39 is 0 Å². The van der Waals surface area contributed by atoms with Crippen molar-refractivity contribution in [3.8, 4) is 11.4 Å². The van der Waals surface area contributed by atoms with Gasteiger partial charge in [-0.15, -0.1) is 15.3 Å². The lowest BCUT2D eigenvalue weighted by molar-refractivity contribution is -0.125. The molecule has 1 amide bonds. The first-order chi connectivity index (χ1) is 14.5. The van der Waals surface area contributed by atoms with E-state index >= 15 is 0 Å². The highest BCUT2D eigenvalue weighted by Crippen LogP contribution is 2.25. The Kier molecular flexibility index (Phi) is 5.92. The Labute approximate surface area is 175 Å². The maximum absolute atomic E-state index is 14.2. The van der Waals surface area contributed by atoms with E-state index in [2.05, 4.69) is 39.4 Å². The Morgan fingerprint density at radius 1 is 1.17 bits per heavy atom. The number of nitrogens with zero attached hydrogens (tertiary/aromatic N) is 5. The van der Waals surface area contributed by atoms with Gasteiger partial charge in [-0.3, -0.25) is 4.79 Å². The molecule has 1 aliphatic rings. The number of piperidine rings is 1. The highest BCUT2D eigenvalue weighted by molar-refractivity contribution is 5.79. The van der Waals surface area contributed by atoms with Gasteiger partial charge < -0.3 is 10.2 Å². The predicted molar refractivity (Wildman–Crippen MR) is 114 cm³/mol. The average molecular weight is 410 g/mol. The molecule has 1 N–H and O–H groups in total. The van der Waals surface area contributed by atoms with E-state index in [4.69, 9.17) is 0 Å². The Morgan fingerprint density at radius 3 is 2.67 bits per heavy atom. The molecule has 0 aliphatic carbocycles. The molecular weight excluding hydrogens is 383 g/mol. The van der Waals surface area contributed by atoms with Gasteiger partial charge in [0.15, 0.2) is 11.5 Å². The number of nitrogens with one attached hydrogen (secondary N) is 1. The lowest BCUT2D eigenvalue weighted by atomic mass is 9.96. The SMILES string of the molecule is CC(C)CCNC(=O)C1CCN(c2ccc3nnc(-c4ccccc4F)n3n2)CC1. The maximum atomic E-state index is 14.2. The third kappa shape index (κ3) is 4.27. The summed E-state index contributed by atoms with van der Waals surface area (Å²) in [5, 5.41) is 16.0. The highest BCUT2D eigenvalue weighted by atomic mass is 19.1. The van der Waals surface area contributed by atoms with Gasteiger partial charge in [0, 0.05) is 25.6 Å². The second-order valence-corrected chi connectivity index (χ2v) is 8.20. The number of hydrogen-bond acceptors (Lipinski definition) is 5. The van der Waals surface area contributed by atoms with Crippen LogP contribution in [0.5, 0.6) is 0 Å². The minimum Gasteiger partial charge on any atom is -0.356 e. The topological polar surface area (TPSA) is 75.4 Å². The molecule has 0 radical (unpaired) electrons. The van der Waals surface area contributed by atoms with E-state index in [1.165, 1.54) is 6.07 Å². The van der Waals surface area contributed by atoms with Crippen LogP contribution < -0.4 is 10.2 Å². The van der Waals surface area contributed by atoms with Crippen LogP contribution in [0.4, 0.5) is 10.2 Å². The van der Waals surface area contributed by atoms with Gasteiger partial charge in [-0.2, -0.15) is 4.52 Å². The molecule has 0 saturated carbocycles. The summed E-state index contributed by atoms with van der Waals surface area (Å²) in [5.41, 5.74) is 0.933. The van der Waals surface area contributed by atoms with Crippen LogP contribution >= 0.6 is 0 Å². The predicted octanol–water partition coefficient (Wildman–Crippen LogP) is 3.31. The molecule has 1 aromatic carbocycles. The summed E-state index contributed by atoms with van der Waals surface area (Å²) < 4.78 is 15.8. The lowest BCUT2D eigenvalue weighted by Crippen LogP contribution is -2.41. The zero-order chi connectivity index (χ0) is 21.1. The third-order valence-electron chi connectivity index (χ3n) is 5.57. The van der Waals surface area contributed by atoms with Crippen molar-refractivity contribution >= 4 is 17.4 Å². The largest absolute Gasteiger partial charge is 0.356 e. The van der Waals surface area contributed by atoms with Gasteiger partial charge in [0.2, 0.25) is 5.91 Å². The van der Waals surface area contributed by atoms with Crippen LogP contribution in [0.25, 0.3) is 17.0 Å². The van der Waals surface area contributed by atoms with Crippen LogP contribution in [-0.2, 0) is 4.79 Å². The van der Waals surface area contributed by atoms with Crippen molar-refractivity contribution in [2.45, 2.75) is 33.1 Å². The summed E-state index contributed by atoms with van der Waals surface area (Å²) in [6.07, 6.45) is 2.57. The molecule has 1 fully saturated rings. The normalized spacial score (nSPS) is 15.1. The van der Waals surface area contributed by atoms with Crippen molar-refractivity contribution in [1.82, 2.24) is 25.1 Å². The van der Waals surface area contributed by atoms with Crippen LogP contribution in [0.15, 0.2) is 36.4 Å². The zero-order valence-electron chi connectivity index (χ0n) is 17.4. The van der Waals surface area contributed by atoms with Gasteiger partial charge in [-0.25, -0.2) is 4.39 Å². The van der Waals surface area contributed by atoms with Gasteiger partial charge in [0.05, 0.1) is 5.56 Å². The molecular formula is C22H27FN6O. The summed E-state index contributed by atoms with van der Waals surface area (Å²) >= 11 is 0. The number of carbonyl (C=O) groups excluding carboxylic acids is 1. The van der Waals surface area contributed by atoms with Gasteiger partial charge in [-0.05, 0) is 49.4 Å². The number of amides is 1. The first kappa shape index (κ1) is 20.3. The van der Waals surface area contributed by atoms with E-state index in [0.29, 0.717) is 23.0 Å². The first-order valence-electron chi connectivity index (χ1n) is 10.5. The fourth-order valence-electron chi connectivity index (χ4n) is 3.76. The molecule has 7 nitrogen and oxygen atoms in total. The van der Waals surface area contributed by atoms with E-state index in [1.807, 2.05) is 12.1 Å². The van der Waals surface area contributed by atoms with Crippen molar-refractivity contribution in [3.63, 3.8) is 0 Å². The van der Waals surface area contributed by atoms with Crippen LogP contribution in [0.3, 0.4) is 0 Å². The van der Waals surface area contributed by atoms with Crippen LogP contribution in [0.1, 0.15) is 33.1 Å². The molecule has 1 saturated heterocycles. The number of fused-ring (bicyclic) bond motifs is 1. The van der Waals surface area contributed by atoms with Crippen molar-refractivity contribution in [2.24, 2.45) is 11.8 Å². The summed E-state index contributed by atoms with van der Waals surface area (Å²) in [7, 11) is 0. The number of benzene rings is 1. The molecule has 0 bridgehead atoms. The number of aromatic nitrogens is 4. The van der Waals surface area contributed by atoms with Crippen molar-refractivity contribution in [2.75, 3.05) is 24.5 Å². The van der Waals surface area contributed by atoms with E-state index in [1.54, 1.807) is 22.7 Å². The Hall–Kier alpha value is -3.03.